The van der Waals surface area contributed by atoms with Gasteiger partial charge in [0.05, 0.1) is 11.3 Å². The summed E-state index contributed by atoms with van der Waals surface area (Å²) in [6.07, 6.45) is 2.20. The first kappa shape index (κ1) is 12.3. The number of carbonyl (C=O) groups is 2. The highest BCUT2D eigenvalue weighted by molar-refractivity contribution is 6.05. The lowest BCUT2D eigenvalue weighted by molar-refractivity contribution is -0.117. The zero-order valence-corrected chi connectivity index (χ0v) is 9.93. The molecular formula is C13H15N3O2. The Bertz CT molecular complexity index is 499. The minimum absolute atomic E-state index is 0.00262. The van der Waals surface area contributed by atoms with Crippen LogP contribution in [0.2, 0.25) is 0 Å². The molecule has 0 bridgehead atoms. The number of amides is 2. The van der Waals surface area contributed by atoms with Gasteiger partial charge in [-0.25, -0.2) is 5.84 Å². The molecule has 1 atom stereocenters. The van der Waals surface area contributed by atoms with Crippen LogP contribution in [0.1, 0.15) is 16.8 Å². The summed E-state index contributed by atoms with van der Waals surface area (Å²) in [5.41, 5.74) is 3.08. The van der Waals surface area contributed by atoms with E-state index in [9.17, 15) is 9.59 Å². The smallest absolute Gasteiger partial charge is 0.267 e. The van der Waals surface area contributed by atoms with Crippen LogP contribution in [0.15, 0.2) is 36.9 Å². The predicted octanol–water partition coefficient (Wildman–Crippen LogP) is 0.829. The van der Waals surface area contributed by atoms with Crippen molar-refractivity contribution in [1.82, 2.24) is 5.43 Å². The van der Waals surface area contributed by atoms with Crippen molar-refractivity contribution in [3.8, 4) is 0 Å². The van der Waals surface area contributed by atoms with Gasteiger partial charge in [0.15, 0.2) is 0 Å². The van der Waals surface area contributed by atoms with Crippen LogP contribution >= 0.6 is 0 Å². The number of nitrogen functional groups attached to an aromatic ring is 1. The van der Waals surface area contributed by atoms with Gasteiger partial charge in [-0.1, -0.05) is 18.2 Å². The molecule has 5 heteroatoms. The first-order chi connectivity index (χ1) is 8.67. The second kappa shape index (κ2) is 5.01. The molecule has 0 spiro atoms. The fraction of sp³-hybridized carbons (Fsp3) is 0.231. The second-order valence-electron chi connectivity index (χ2n) is 4.19. The molecular weight excluding hydrogens is 230 g/mol. The normalized spacial score (nSPS) is 18.8. The monoisotopic (exact) mass is 245 g/mol. The van der Waals surface area contributed by atoms with Crippen molar-refractivity contribution < 1.29 is 9.59 Å². The number of nitrogens with one attached hydrogen (secondary N) is 1. The van der Waals surface area contributed by atoms with E-state index in [0.29, 0.717) is 24.2 Å². The number of nitrogens with zero attached hydrogens (tertiary/aromatic N) is 1. The van der Waals surface area contributed by atoms with Gasteiger partial charge >= 0.3 is 0 Å². The Labute approximate surface area is 105 Å². The molecule has 1 aromatic rings. The summed E-state index contributed by atoms with van der Waals surface area (Å²) in [6.45, 7) is 4.25. The highest BCUT2D eigenvalue weighted by Gasteiger charge is 2.30. The molecule has 1 fully saturated rings. The molecule has 1 saturated heterocycles. The first-order valence-corrected chi connectivity index (χ1v) is 5.70. The van der Waals surface area contributed by atoms with E-state index in [1.807, 2.05) is 0 Å². The lowest BCUT2D eigenvalue weighted by atomic mass is 10.1. The maximum Gasteiger partial charge on any atom is 0.267 e. The SMILES string of the molecule is C=CC1CC(=O)N(c2ccccc2C(=O)NN)C1. The van der Waals surface area contributed by atoms with E-state index in [0.717, 1.165) is 0 Å². The number of anilines is 1. The number of para-hydroxylation sites is 1. The topological polar surface area (TPSA) is 75.4 Å². The Morgan fingerprint density at radius 2 is 2.22 bits per heavy atom. The molecule has 2 rings (SSSR count). The molecule has 94 valence electrons. The largest absolute Gasteiger partial charge is 0.311 e. The van der Waals surface area contributed by atoms with E-state index >= 15 is 0 Å². The van der Waals surface area contributed by atoms with Crippen molar-refractivity contribution >= 4 is 17.5 Å². The number of rotatable bonds is 3. The quantitative estimate of drug-likeness (QED) is 0.358. The first-order valence-electron chi connectivity index (χ1n) is 5.70. The third kappa shape index (κ3) is 2.12. The number of nitrogens with two attached hydrogens (primary N) is 1. The van der Waals surface area contributed by atoms with Crippen LogP contribution < -0.4 is 16.2 Å². The molecule has 0 aliphatic carbocycles. The van der Waals surface area contributed by atoms with Gasteiger partial charge in [0, 0.05) is 18.9 Å². The summed E-state index contributed by atoms with van der Waals surface area (Å²) in [6, 6.07) is 6.91. The molecule has 1 aromatic carbocycles. The zero-order valence-electron chi connectivity index (χ0n) is 9.93. The van der Waals surface area contributed by atoms with Crippen LogP contribution in [-0.2, 0) is 4.79 Å². The maximum atomic E-state index is 11.9. The van der Waals surface area contributed by atoms with Crippen LogP contribution in [0.3, 0.4) is 0 Å². The highest BCUT2D eigenvalue weighted by Crippen LogP contribution is 2.28. The molecule has 0 aromatic heterocycles. The van der Waals surface area contributed by atoms with E-state index in [1.54, 1.807) is 35.2 Å². The molecule has 18 heavy (non-hydrogen) atoms. The molecule has 1 unspecified atom stereocenters. The average molecular weight is 245 g/mol. The van der Waals surface area contributed by atoms with Gasteiger partial charge in [-0.15, -0.1) is 6.58 Å². The van der Waals surface area contributed by atoms with Crippen molar-refractivity contribution in [1.29, 1.82) is 0 Å². The van der Waals surface area contributed by atoms with Crippen molar-refractivity contribution in [2.24, 2.45) is 11.8 Å². The summed E-state index contributed by atoms with van der Waals surface area (Å²) < 4.78 is 0. The predicted molar refractivity (Wildman–Crippen MR) is 68.8 cm³/mol. The van der Waals surface area contributed by atoms with Crippen molar-refractivity contribution in [2.75, 3.05) is 11.4 Å². The summed E-state index contributed by atoms with van der Waals surface area (Å²) >= 11 is 0. The summed E-state index contributed by atoms with van der Waals surface area (Å²) in [7, 11) is 0. The zero-order chi connectivity index (χ0) is 13.1. The van der Waals surface area contributed by atoms with E-state index in [4.69, 9.17) is 5.84 Å². The van der Waals surface area contributed by atoms with E-state index in [2.05, 4.69) is 12.0 Å². The Balaban J connectivity index is 2.36. The van der Waals surface area contributed by atoms with E-state index < -0.39 is 5.91 Å². The van der Waals surface area contributed by atoms with Crippen molar-refractivity contribution in [3.05, 3.63) is 42.5 Å². The molecule has 3 N–H and O–H groups in total. The van der Waals surface area contributed by atoms with Crippen LogP contribution in [0, 0.1) is 5.92 Å². The molecule has 1 heterocycles. The molecule has 1 aliphatic heterocycles. The van der Waals surface area contributed by atoms with Crippen LogP contribution in [0.25, 0.3) is 0 Å². The third-order valence-electron chi connectivity index (χ3n) is 3.06. The number of hydrazine groups is 1. The van der Waals surface area contributed by atoms with Gasteiger partial charge in [-0.05, 0) is 12.1 Å². The molecule has 5 nitrogen and oxygen atoms in total. The summed E-state index contributed by atoms with van der Waals surface area (Å²) in [4.78, 5) is 25.2. The average Bonchev–Trinajstić information content (AvgIpc) is 2.79. The number of hydrogen-bond acceptors (Lipinski definition) is 3. The van der Waals surface area contributed by atoms with Gasteiger partial charge in [0.25, 0.3) is 5.91 Å². The lowest BCUT2D eigenvalue weighted by Crippen LogP contribution is -2.33. The minimum Gasteiger partial charge on any atom is -0.311 e. The number of benzene rings is 1. The standard InChI is InChI=1S/C13H15N3O2/c1-2-9-7-12(17)16(8-9)11-6-4-3-5-10(11)13(18)15-14/h2-6,9H,1,7-8,14H2,(H,15,18). The van der Waals surface area contributed by atoms with Gasteiger partial charge in [-0.2, -0.15) is 0 Å². The third-order valence-corrected chi connectivity index (χ3v) is 3.06. The number of carbonyl (C=O) groups excluding carboxylic acids is 2. The Morgan fingerprint density at radius 1 is 1.50 bits per heavy atom. The van der Waals surface area contributed by atoms with Crippen LogP contribution in [0.4, 0.5) is 5.69 Å². The van der Waals surface area contributed by atoms with Gasteiger partial charge < -0.3 is 4.90 Å². The fourth-order valence-corrected chi connectivity index (χ4v) is 2.10. The van der Waals surface area contributed by atoms with Crippen LogP contribution in [-0.4, -0.2) is 18.4 Å². The number of hydrogen-bond donors (Lipinski definition) is 2. The summed E-state index contributed by atoms with van der Waals surface area (Å²) in [5.74, 6) is 4.87. The van der Waals surface area contributed by atoms with E-state index in [-0.39, 0.29) is 11.8 Å². The lowest BCUT2D eigenvalue weighted by Gasteiger charge is -2.19. The second-order valence-corrected chi connectivity index (χ2v) is 4.19. The molecule has 1 aliphatic rings. The molecule has 0 radical (unpaired) electrons. The molecule has 2 amide bonds. The Morgan fingerprint density at radius 3 is 2.83 bits per heavy atom. The van der Waals surface area contributed by atoms with Crippen molar-refractivity contribution in [2.45, 2.75) is 6.42 Å². The van der Waals surface area contributed by atoms with Crippen molar-refractivity contribution in [3.63, 3.8) is 0 Å². The minimum atomic E-state index is -0.402. The van der Waals surface area contributed by atoms with Crippen LogP contribution in [0.5, 0.6) is 0 Å². The van der Waals surface area contributed by atoms with Gasteiger partial charge in [0.2, 0.25) is 5.91 Å². The van der Waals surface area contributed by atoms with Gasteiger partial charge in [0.1, 0.15) is 0 Å². The maximum absolute atomic E-state index is 11.9. The summed E-state index contributed by atoms with van der Waals surface area (Å²) in [5, 5.41) is 0. The molecule has 0 saturated carbocycles. The van der Waals surface area contributed by atoms with E-state index in [1.165, 1.54) is 0 Å². The van der Waals surface area contributed by atoms with Gasteiger partial charge in [-0.3, -0.25) is 15.0 Å². The highest BCUT2D eigenvalue weighted by atomic mass is 16.2. The Hall–Kier alpha value is -2.14. The fourth-order valence-electron chi connectivity index (χ4n) is 2.10. The Kier molecular flexibility index (Phi) is 3.43.